The van der Waals surface area contributed by atoms with E-state index >= 15 is 0 Å². The van der Waals surface area contributed by atoms with Crippen molar-refractivity contribution < 1.29 is 4.74 Å². The van der Waals surface area contributed by atoms with Crippen LogP contribution in [0.1, 0.15) is 17.1 Å². The van der Waals surface area contributed by atoms with Gasteiger partial charge in [0.2, 0.25) is 0 Å². The summed E-state index contributed by atoms with van der Waals surface area (Å²) in [5.41, 5.74) is 2.05. The topological polar surface area (TPSA) is 35.0 Å². The summed E-state index contributed by atoms with van der Waals surface area (Å²) in [6, 6.07) is 0. The fourth-order valence-corrected chi connectivity index (χ4v) is 0.905. The van der Waals surface area contributed by atoms with Gasteiger partial charge < -0.3 is 4.74 Å². The minimum absolute atomic E-state index is 0.589. The number of hydrogen-bond acceptors (Lipinski definition) is 3. The lowest BCUT2D eigenvalue weighted by Crippen LogP contribution is -1.98. The van der Waals surface area contributed by atoms with Crippen molar-refractivity contribution in [3.8, 4) is 0 Å². The molecule has 0 aliphatic rings. The van der Waals surface area contributed by atoms with E-state index < -0.39 is 0 Å². The van der Waals surface area contributed by atoms with Crippen LogP contribution in [0.3, 0.4) is 0 Å². The maximum atomic E-state index is 4.97. The van der Waals surface area contributed by atoms with Crippen molar-refractivity contribution in [3.05, 3.63) is 23.3 Å². The van der Waals surface area contributed by atoms with Gasteiger partial charge in [-0.2, -0.15) is 0 Å². The highest BCUT2D eigenvalue weighted by atomic mass is 16.5. The number of hydrogen-bond donors (Lipinski definition) is 0. The van der Waals surface area contributed by atoms with Gasteiger partial charge in [-0.3, -0.25) is 0 Å². The van der Waals surface area contributed by atoms with E-state index in [1.54, 1.807) is 13.3 Å². The summed E-state index contributed by atoms with van der Waals surface area (Å²) in [5, 5.41) is 0. The van der Waals surface area contributed by atoms with Crippen molar-refractivity contribution in [2.45, 2.75) is 20.5 Å². The second-order valence-electron chi connectivity index (χ2n) is 2.46. The molecule has 11 heavy (non-hydrogen) atoms. The summed E-state index contributed by atoms with van der Waals surface area (Å²) in [5.74, 6) is 0.808. The van der Waals surface area contributed by atoms with Gasteiger partial charge in [-0.05, 0) is 13.8 Å². The van der Waals surface area contributed by atoms with Crippen LogP contribution in [0.15, 0.2) is 6.20 Å². The molecule has 1 heterocycles. The molecule has 1 aromatic rings. The van der Waals surface area contributed by atoms with Gasteiger partial charge in [0, 0.05) is 24.6 Å². The molecule has 1 aromatic heterocycles. The Kier molecular flexibility index (Phi) is 2.54. The Bertz CT molecular complexity index is 248. The average Bonchev–Trinajstić information content (AvgIpc) is 1.95. The van der Waals surface area contributed by atoms with Crippen LogP contribution in [-0.2, 0) is 11.3 Å². The van der Waals surface area contributed by atoms with E-state index in [1.165, 1.54) is 0 Å². The highest BCUT2D eigenvalue weighted by molar-refractivity contribution is 5.14. The predicted molar refractivity (Wildman–Crippen MR) is 42.2 cm³/mol. The molecule has 0 bridgehead atoms. The lowest BCUT2D eigenvalue weighted by Gasteiger charge is -2.02. The van der Waals surface area contributed by atoms with Gasteiger partial charge in [0.15, 0.2) is 0 Å². The van der Waals surface area contributed by atoms with Crippen LogP contribution in [0.2, 0.25) is 0 Å². The molecule has 0 amide bonds. The van der Waals surface area contributed by atoms with E-state index in [0.717, 1.165) is 17.1 Å². The highest BCUT2D eigenvalue weighted by Gasteiger charge is 1.98. The van der Waals surface area contributed by atoms with Crippen LogP contribution in [-0.4, -0.2) is 17.1 Å². The van der Waals surface area contributed by atoms with E-state index in [4.69, 9.17) is 4.74 Å². The highest BCUT2D eigenvalue weighted by Crippen LogP contribution is 2.03. The zero-order chi connectivity index (χ0) is 8.27. The molecule has 3 nitrogen and oxygen atoms in total. The molecule has 0 aliphatic heterocycles. The first-order valence-electron chi connectivity index (χ1n) is 3.52. The van der Waals surface area contributed by atoms with E-state index in [0.29, 0.717) is 6.61 Å². The minimum Gasteiger partial charge on any atom is -0.380 e. The third-order valence-electron chi connectivity index (χ3n) is 1.50. The molecule has 1 rings (SSSR count). The van der Waals surface area contributed by atoms with E-state index in [-0.39, 0.29) is 0 Å². The number of ether oxygens (including phenoxy) is 1. The van der Waals surface area contributed by atoms with Gasteiger partial charge in [-0.25, -0.2) is 9.97 Å². The Hall–Kier alpha value is -0.960. The summed E-state index contributed by atoms with van der Waals surface area (Å²) in [6.07, 6.45) is 1.81. The van der Waals surface area contributed by atoms with Gasteiger partial charge in [0.05, 0.1) is 6.61 Å². The molecule has 0 saturated heterocycles. The second-order valence-corrected chi connectivity index (χ2v) is 2.46. The summed E-state index contributed by atoms with van der Waals surface area (Å²) in [4.78, 5) is 8.27. The van der Waals surface area contributed by atoms with Gasteiger partial charge in [-0.15, -0.1) is 0 Å². The third kappa shape index (κ3) is 1.98. The van der Waals surface area contributed by atoms with Crippen molar-refractivity contribution in [2.75, 3.05) is 7.11 Å². The monoisotopic (exact) mass is 152 g/mol. The molecule has 0 saturated carbocycles. The van der Waals surface area contributed by atoms with Crippen LogP contribution in [0.25, 0.3) is 0 Å². The van der Waals surface area contributed by atoms with Crippen LogP contribution in [0, 0.1) is 13.8 Å². The summed E-state index contributed by atoms with van der Waals surface area (Å²) in [6.45, 7) is 4.43. The quantitative estimate of drug-likeness (QED) is 0.639. The molecule has 0 N–H and O–H groups in total. The van der Waals surface area contributed by atoms with Crippen molar-refractivity contribution in [2.24, 2.45) is 0 Å². The molecule has 0 atom stereocenters. The summed E-state index contributed by atoms with van der Waals surface area (Å²) in [7, 11) is 1.67. The van der Waals surface area contributed by atoms with E-state index in [9.17, 15) is 0 Å². The maximum Gasteiger partial charge on any atom is 0.125 e. The average molecular weight is 152 g/mol. The Morgan fingerprint density at radius 1 is 1.45 bits per heavy atom. The molecular formula is C8H12N2O. The van der Waals surface area contributed by atoms with Gasteiger partial charge in [-0.1, -0.05) is 0 Å². The van der Waals surface area contributed by atoms with Crippen LogP contribution in [0.4, 0.5) is 0 Å². The SMILES string of the molecule is COCc1cnc(C)nc1C. The number of aromatic nitrogens is 2. The smallest absolute Gasteiger partial charge is 0.125 e. The van der Waals surface area contributed by atoms with E-state index in [1.807, 2.05) is 13.8 Å². The zero-order valence-corrected chi connectivity index (χ0v) is 7.09. The lowest BCUT2D eigenvalue weighted by molar-refractivity contribution is 0.183. The minimum atomic E-state index is 0.589. The summed E-state index contributed by atoms with van der Waals surface area (Å²) < 4.78 is 4.97. The molecule has 0 spiro atoms. The predicted octanol–water partition coefficient (Wildman–Crippen LogP) is 1.24. The second kappa shape index (κ2) is 3.44. The Balaban J connectivity index is 2.90. The van der Waals surface area contributed by atoms with Crippen molar-refractivity contribution in [3.63, 3.8) is 0 Å². The van der Waals surface area contributed by atoms with Gasteiger partial charge >= 0.3 is 0 Å². The van der Waals surface area contributed by atoms with Crippen LogP contribution < -0.4 is 0 Å². The van der Waals surface area contributed by atoms with Crippen molar-refractivity contribution >= 4 is 0 Å². The third-order valence-corrected chi connectivity index (χ3v) is 1.50. The number of methoxy groups -OCH3 is 1. The molecule has 0 unspecified atom stereocenters. The lowest BCUT2D eigenvalue weighted by atomic mass is 10.2. The molecular weight excluding hydrogens is 140 g/mol. The first-order valence-corrected chi connectivity index (χ1v) is 3.52. The first-order chi connectivity index (χ1) is 5.24. The Morgan fingerprint density at radius 3 is 2.73 bits per heavy atom. The number of aryl methyl sites for hydroxylation is 2. The fourth-order valence-electron chi connectivity index (χ4n) is 0.905. The largest absolute Gasteiger partial charge is 0.380 e. The summed E-state index contributed by atoms with van der Waals surface area (Å²) >= 11 is 0. The van der Waals surface area contributed by atoms with Gasteiger partial charge in [0.25, 0.3) is 0 Å². The molecule has 0 fully saturated rings. The molecule has 0 aromatic carbocycles. The van der Waals surface area contributed by atoms with Crippen LogP contribution >= 0.6 is 0 Å². The first kappa shape index (κ1) is 8.14. The number of nitrogens with zero attached hydrogens (tertiary/aromatic N) is 2. The standard InChI is InChI=1S/C8H12N2O/c1-6-8(5-11-3)4-9-7(2)10-6/h4H,5H2,1-3H3. The normalized spacial score (nSPS) is 10.1. The van der Waals surface area contributed by atoms with Crippen molar-refractivity contribution in [1.29, 1.82) is 0 Å². The molecule has 60 valence electrons. The van der Waals surface area contributed by atoms with Gasteiger partial charge in [0.1, 0.15) is 5.82 Å². The van der Waals surface area contributed by atoms with E-state index in [2.05, 4.69) is 9.97 Å². The Morgan fingerprint density at radius 2 is 2.18 bits per heavy atom. The number of rotatable bonds is 2. The van der Waals surface area contributed by atoms with Crippen molar-refractivity contribution in [1.82, 2.24) is 9.97 Å². The molecule has 0 aliphatic carbocycles. The zero-order valence-electron chi connectivity index (χ0n) is 7.09. The Labute approximate surface area is 66.4 Å². The van der Waals surface area contributed by atoms with Crippen LogP contribution in [0.5, 0.6) is 0 Å². The fraction of sp³-hybridized carbons (Fsp3) is 0.500. The molecule has 3 heteroatoms. The maximum absolute atomic E-state index is 4.97. The molecule has 0 radical (unpaired) electrons.